The zero-order chi connectivity index (χ0) is 13.1. The van der Waals surface area contributed by atoms with E-state index >= 15 is 0 Å². The summed E-state index contributed by atoms with van der Waals surface area (Å²) in [7, 11) is 0. The molecule has 3 rings (SSSR count). The van der Waals surface area contributed by atoms with E-state index in [1.54, 1.807) is 6.33 Å². The molecular formula is C14H18N4O. The molecule has 2 heterocycles. The molecule has 1 saturated heterocycles. The Morgan fingerprint density at radius 1 is 1.32 bits per heavy atom. The van der Waals surface area contributed by atoms with Crippen LogP contribution in [0, 0.1) is 0 Å². The highest BCUT2D eigenvalue weighted by molar-refractivity contribution is 6.00. The maximum atomic E-state index is 12.3. The number of aromatic nitrogens is 2. The van der Waals surface area contributed by atoms with Crippen LogP contribution in [0.2, 0.25) is 0 Å². The van der Waals surface area contributed by atoms with Crippen LogP contribution >= 0.6 is 0 Å². The molecule has 0 amide bonds. The lowest BCUT2D eigenvalue weighted by atomic mass is 10.1. The Morgan fingerprint density at radius 2 is 2.26 bits per heavy atom. The number of ketones is 1. The number of hydrogen-bond donors (Lipinski definition) is 2. The van der Waals surface area contributed by atoms with Crippen molar-refractivity contribution in [3.63, 3.8) is 0 Å². The summed E-state index contributed by atoms with van der Waals surface area (Å²) < 4.78 is 0. The number of nitrogens with one attached hydrogen (secondary N) is 2. The molecule has 0 spiro atoms. The third-order valence-corrected chi connectivity index (χ3v) is 3.54. The van der Waals surface area contributed by atoms with Crippen LogP contribution in [-0.2, 0) is 0 Å². The van der Waals surface area contributed by atoms with Crippen LogP contribution < -0.4 is 5.32 Å². The SMILES string of the molecule is O=C(CN1CCCNCC1)c1ccc2nc[nH]c2c1. The Balaban J connectivity index is 1.71. The van der Waals surface area contributed by atoms with E-state index in [2.05, 4.69) is 20.2 Å². The molecular weight excluding hydrogens is 240 g/mol. The van der Waals surface area contributed by atoms with Crippen LogP contribution in [0.15, 0.2) is 24.5 Å². The van der Waals surface area contributed by atoms with Crippen molar-refractivity contribution in [1.29, 1.82) is 0 Å². The van der Waals surface area contributed by atoms with E-state index in [4.69, 9.17) is 0 Å². The number of Topliss-reactive ketones (excluding diaryl/α,β-unsaturated/α-hetero) is 1. The first-order chi connectivity index (χ1) is 9.33. The van der Waals surface area contributed by atoms with Crippen LogP contribution in [0.25, 0.3) is 11.0 Å². The zero-order valence-corrected chi connectivity index (χ0v) is 10.9. The first-order valence-electron chi connectivity index (χ1n) is 6.72. The molecule has 1 aliphatic rings. The summed E-state index contributed by atoms with van der Waals surface area (Å²) in [4.78, 5) is 21.7. The van der Waals surface area contributed by atoms with Crippen molar-refractivity contribution in [2.24, 2.45) is 0 Å². The van der Waals surface area contributed by atoms with Crippen LogP contribution in [0.3, 0.4) is 0 Å². The molecule has 2 aromatic rings. The monoisotopic (exact) mass is 258 g/mol. The van der Waals surface area contributed by atoms with Crippen molar-refractivity contribution in [2.45, 2.75) is 6.42 Å². The average molecular weight is 258 g/mol. The van der Waals surface area contributed by atoms with Gasteiger partial charge in [0.2, 0.25) is 0 Å². The molecule has 5 heteroatoms. The second kappa shape index (κ2) is 5.50. The van der Waals surface area contributed by atoms with Crippen molar-refractivity contribution in [3.05, 3.63) is 30.1 Å². The van der Waals surface area contributed by atoms with Crippen LogP contribution in [0.4, 0.5) is 0 Å². The number of aromatic amines is 1. The van der Waals surface area contributed by atoms with Gasteiger partial charge in [-0.1, -0.05) is 0 Å². The molecule has 1 aromatic heterocycles. The fourth-order valence-corrected chi connectivity index (χ4v) is 2.46. The van der Waals surface area contributed by atoms with E-state index in [0.717, 1.165) is 49.2 Å². The molecule has 1 aromatic carbocycles. The third kappa shape index (κ3) is 2.83. The van der Waals surface area contributed by atoms with Crippen molar-refractivity contribution in [1.82, 2.24) is 20.2 Å². The predicted octanol–water partition coefficient (Wildman–Crippen LogP) is 1.04. The second-order valence-corrected chi connectivity index (χ2v) is 4.94. The molecule has 0 atom stereocenters. The van der Waals surface area contributed by atoms with Crippen LogP contribution in [0.1, 0.15) is 16.8 Å². The normalized spacial score (nSPS) is 17.5. The van der Waals surface area contributed by atoms with Gasteiger partial charge < -0.3 is 10.3 Å². The standard InChI is InChI=1S/C14H18N4O/c19-14(9-18-6-1-4-15-5-7-18)11-2-3-12-13(8-11)17-10-16-12/h2-3,8,10,15H,1,4-7,9H2,(H,16,17). The van der Waals surface area contributed by atoms with Gasteiger partial charge in [-0.15, -0.1) is 0 Å². The minimum Gasteiger partial charge on any atom is -0.345 e. The number of H-pyrrole nitrogens is 1. The van der Waals surface area contributed by atoms with E-state index in [1.165, 1.54) is 0 Å². The van der Waals surface area contributed by atoms with Gasteiger partial charge in [-0.25, -0.2) is 4.98 Å². The number of carbonyl (C=O) groups excluding carboxylic acids is 1. The van der Waals surface area contributed by atoms with Crippen molar-refractivity contribution >= 4 is 16.8 Å². The number of fused-ring (bicyclic) bond motifs is 1. The van der Waals surface area contributed by atoms with Gasteiger partial charge in [0.05, 0.1) is 23.9 Å². The number of imidazole rings is 1. The zero-order valence-electron chi connectivity index (χ0n) is 10.9. The van der Waals surface area contributed by atoms with Gasteiger partial charge in [0, 0.05) is 18.7 Å². The van der Waals surface area contributed by atoms with E-state index in [-0.39, 0.29) is 5.78 Å². The Bertz CT molecular complexity index is 570. The molecule has 0 unspecified atom stereocenters. The van der Waals surface area contributed by atoms with Crippen molar-refractivity contribution in [3.8, 4) is 0 Å². The molecule has 2 N–H and O–H groups in total. The fraction of sp³-hybridized carbons (Fsp3) is 0.429. The highest BCUT2D eigenvalue weighted by Gasteiger charge is 2.14. The van der Waals surface area contributed by atoms with Crippen LogP contribution in [0.5, 0.6) is 0 Å². The fourth-order valence-electron chi connectivity index (χ4n) is 2.46. The molecule has 5 nitrogen and oxygen atoms in total. The summed E-state index contributed by atoms with van der Waals surface area (Å²) in [6.45, 7) is 4.45. The van der Waals surface area contributed by atoms with Gasteiger partial charge in [0.1, 0.15) is 0 Å². The topological polar surface area (TPSA) is 61.0 Å². The summed E-state index contributed by atoms with van der Waals surface area (Å²) in [5.74, 6) is 0.179. The summed E-state index contributed by atoms with van der Waals surface area (Å²) >= 11 is 0. The molecule has 19 heavy (non-hydrogen) atoms. The van der Waals surface area contributed by atoms with Crippen molar-refractivity contribution in [2.75, 3.05) is 32.7 Å². The Labute approximate surface area is 112 Å². The van der Waals surface area contributed by atoms with Gasteiger partial charge in [-0.2, -0.15) is 0 Å². The molecule has 0 saturated carbocycles. The van der Waals surface area contributed by atoms with Crippen molar-refractivity contribution < 1.29 is 4.79 Å². The number of hydrogen-bond acceptors (Lipinski definition) is 4. The van der Waals surface area contributed by atoms with E-state index < -0.39 is 0 Å². The Morgan fingerprint density at radius 3 is 3.21 bits per heavy atom. The Hall–Kier alpha value is -1.72. The van der Waals surface area contributed by atoms with E-state index in [0.29, 0.717) is 6.54 Å². The van der Waals surface area contributed by atoms with Crippen LogP contribution in [-0.4, -0.2) is 53.4 Å². The molecule has 1 fully saturated rings. The van der Waals surface area contributed by atoms with E-state index in [1.807, 2.05) is 18.2 Å². The maximum Gasteiger partial charge on any atom is 0.176 e. The summed E-state index contributed by atoms with van der Waals surface area (Å²) in [5.41, 5.74) is 2.58. The van der Waals surface area contributed by atoms with Gasteiger partial charge in [0.25, 0.3) is 0 Å². The third-order valence-electron chi connectivity index (χ3n) is 3.54. The molecule has 100 valence electrons. The predicted molar refractivity (Wildman–Crippen MR) is 74.4 cm³/mol. The van der Waals surface area contributed by atoms with Gasteiger partial charge in [0.15, 0.2) is 5.78 Å². The second-order valence-electron chi connectivity index (χ2n) is 4.94. The van der Waals surface area contributed by atoms with Gasteiger partial charge in [-0.05, 0) is 37.7 Å². The number of rotatable bonds is 3. The molecule has 0 radical (unpaired) electrons. The lowest BCUT2D eigenvalue weighted by Crippen LogP contribution is -2.33. The average Bonchev–Trinajstić information content (AvgIpc) is 2.75. The highest BCUT2D eigenvalue weighted by Crippen LogP contribution is 2.12. The summed E-state index contributed by atoms with van der Waals surface area (Å²) in [5, 5.41) is 3.34. The number of carbonyl (C=O) groups is 1. The summed E-state index contributed by atoms with van der Waals surface area (Å²) in [6.07, 6.45) is 2.76. The maximum absolute atomic E-state index is 12.3. The largest absolute Gasteiger partial charge is 0.345 e. The quantitative estimate of drug-likeness (QED) is 0.808. The minimum absolute atomic E-state index is 0.179. The van der Waals surface area contributed by atoms with Gasteiger partial charge >= 0.3 is 0 Å². The smallest absolute Gasteiger partial charge is 0.176 e. The van der Waals surface area contributed by atoms with Gasteiger partial charge in [-0.3, -0.25) is 9.69 Å². The first-order valence-corrected chi connectivity index (χ1v) is 6.72. The molecule has 1 aliphatic heterocycles. The van der Waals surface area contributed by atoms with E-state index in [9.17, 15) is 4.79 Å². The summed E-state index contributed by atoms with van der Waals surface area (Å²) in [6, 6.07) is 5.64. The first kappa shape index (κ1) is 12.3. The number of benzene rings is 1. The minimum atomic E-state index is 0.179. The molecule has 0 bridgehead atoms. The number of nitrogens with zero attached hydrogens (tertiary/aromatic N) is 2. The highest BCUT2D eigenvalue weighted by atomic mass is 16.1. The Kier molecular flexibility index (Phi) is 3.57. The lowest BCUT2D eigenvalue weighted by molar-refractivity contribution is 0.0935. The molecule has 0 aliphatic carbocycles. The lowest BCUT2D eigenvalue weighted by Gasteiger charge is -2.18.